The van der Waals surface area contributed by atoms with Crippen LogP contribution in [-0.4, -0.2) is 12.2 Å². The second-order valence-electron chi connectivity index (χ2n) is 5.19. The minimum atomic E-state index is 0.195. The van der Waals surface area contributed by atoms with Gasteiger partial charge >= 0.3 is 0 Å². The van der Waals surface area contributed by atoms with Crippen LogP contribution < -0.4 is 11.1 Å². The molecule has 0 aromatic carbocycles. The van der Waals surface area contributed by atoms with Crippen LogP contribution in [0.4, 0.5) is 0 Å². The standard InChI is InChI=1S/C14H32N2/c1-4-5-6-7-8-9-10-11-12-14(15)16-13(2)3/h13-14,16H,4-12,15H2,1-3H3. The van der Waals surface area contributed by atoms with Gasteiger partial charge in [-0.2, -0.15) is 0 Å². The molecule has 0 fully saturated rings. The van der Waals surface area contributed by atoms with Crippen molar-refractivity contribution in [3.05, 3.63) is 0 Å². The Bertz CT molecular complexity index is 135. The number of nitrogens with one attached hydrogen (secondary N) is 1. The lowest BCUT2D eigenvalue weighted by Crippen LogP contribution is -2.41. The summed E-state index contributed by atoms with van der Waals surface area (Å²) in [4.78, 5) is 0. The van der Waals surface area contributed by atoms with Gasteiger partial charge in [-0.05, 0) is 20.3 Å². The van der Waals surface area contributed by atoms with Crippen molar-refractivity contribution in [2.24, 2.45) is 5.73 Å². The molecule has 1 unspecified atom stereocenters. The van der Waals surface area contributed by atoms with Crippen molar-refractivity contribution in [1.82, 2.24) is 5.32 Å². The number of hydrogen-bond acceptors (Lipinski definition) is 2. The second-order valence-corrected chi connectivity index (χ2v) is 5.19. The Kier molecular flexibility index (Phi) is 11.3. The van der Waals surface area contributed by atoms with Crippen molar-refractivity contribution in [3.63, 3.8) is 0 Å². The zero-order chi connectivity index (χ0) is 12.2. The van der Waals surface area contributed by atoms with E-state index in [4.69, 9.17) is 5.73 Å². The van der Waals surface area contributed by atoms with Gasteiger partial charge in [0.1, 0.15) is 0 Å². The van der Waals surface area contributed by atoms with Gasteiger partial charge in [0, 0.05) is 6.04 Å². The maximum atomic E-state index is 5.94. The maximum Gasteiger partial charge on any atom is 0.0548 e. The quantitative estimate of drug-likeness (QED) is 0.417. The number of unbranched alkanes of at least 4 members (excludes halogenated alkanes) is 7. The molecule has 0 amide bonds. The van der Waals surface area contributed by atoms with E-state index >= 15 is 0 Å². The van der Waals surface area contributed by atoms with E-state index in [1.54, 1.807) is 0 Å². The fourth-order valence-corrected chi connectivity index (χ4v) is 2.01. The zero-order valence-electron chi connectivity index (χ0n) is 11.6. The van der Waals surface area contributed by atoms with E-state index in [-0.39, 0.29) is 6.17 Å². The summed E-state index contributed by atoms with van der Waals surface area (Å²) >= 11 is 0. The van der Waals surface area contributed by atoms with E-state index in [0.29, 0.717) is 6.04 Å². The van der Waals surface area contributed by atoms with Gasteiger partial charge in [-0.25, -0.2) is 0 Å². The molecule has 0 aliphatic heterocycles. The average Bonchev–Trinajstić information content (AvgIpc) is 2.21. The molecule has 0 rings (SSSR count). The van der Waals surface area contributed by atoms with Gasteiger partial charge < -0.3 is 5.73 Å². The van der Waals surface area contributed by atoms with E-state index in [1.165, 1.54) is 51.4 Å². The van der Waals surface area contributed by atoms with Crippen LogP contribution >= 0.6 is 0 Å². The van der Waals surface area contributed by atoms with Crippen molar-refractivity contribution in [1.29, 1.82) is 0 Å². The molecule has 0 aromatic heterocycles. The van der Waals surface area contributed by atoms with Crippen LogP contribution in [0.3, 0.4) is 0 Å². The van der Waals surface area contributed by atoms with Crippen LogP contribution in [0.5, 0.6) is 0 Å². The SMILES string of the molecule is CCCCCCCCCCC(N)NC(C)C. The minimum Gasteiger partial charge on any atom is -0.316 e. The van der Waals surface area contributed by atoms with Crippen molar-refractivity contribution < 1.29 is 0 Å². The Hall–Kier alpha value is -0.0800. The Labute approximate surface area is 102 Å². The molecule has 0 spiro atoms. The smallest absolute Gasteiger partial charge is 0.0548 e. The van der Waals surface area contributed by atoms with Gasteiger partial charge in [0.2, 0.25) is 0 Å². The Morgan fingerprint density at radius 1 is 0.875 bits per heavy atom. The first-order valence-electron chi connectivity index (χ1n) is 7.18. The fourth-order valence-electron chi connectivity index (χ4n) is 2.01. The van der Waals surface area contributed by atoms with Crippen molar-refractivity contribution in [2.75, 3.05) is 0 Å². The lowest BCUT2D eigenvalue weighted by molar-refractivity contribution is 0.428. The second kappa shape index (κ2) is 11.4. The Morgan fingerprint density at radius 3 is 1.88 bits per heavy atom. The van der Waals surface area contributed by atoms with Gasteiger partial charge in [0.15, 0.2) is 0 Å². The molecule has 16 heavy (non-hydrogen) atoms. The molecule has 0 aliphatic rings. The molecule has 0 radical (unpaired) electrons. The highest BCUT2D eigenvalue weighted by atomic mass is 15.0. The van der Waals surface area contributed by atoms with Crippen LogP contribution in [0, 0.1) is 0 Å². The molecule has 0 aromatic rings. The third kappa shape index (κ3) is 12.0. The molecular weight excluding hydrogens is 196 g/mol. The maximum absolute atomic E-state index is 5.94. The first-order chi connectivity index (χ1) is 7.66. The van der Waals surface area contributed by atoms with Crippen LogP contribution in [-0.2, 0) is 0 Å². The Balaban J connectivity index is 3.08. The zero-order valence-corrected chi connectivity index (χ0v) is 11.6. The van der Waals surface area contributed by atoms with Crippen molar-refractivity contribution in [2.45, 2.75) is 90.8 Å². The third-order valence-electron chi connectivity index (χ3n) is 2.92. The molecule has 3 N–H and O–H groups in total. The highest BCUT2D eigenvalue weighted by molar-refractivity contribution is 4.62. The fraction of sp³-hybridized carbons (Fsp3) is 1.00. The molecular formula is C14H32N2. The van der Waals surface area contributed by atoms with Crippen LogP contribution in [0.1, 0.15) is 78.6 Å². The summed E-state index contributed by atoms with van der Waals surface area (Å²) in [5.41, 5.74) is 5.94. The first-order valence-corrected chi connectivity index (χ1v) is 7.18. The number of nitrogens with two attached hydrogens (primary N) is 1. The molecule has 98 valence electrons. The predicted molar refractivity (Wildman–Crippen MR) is 73.5 cm³/mol. The number of rotatable bonds is 11. The molecule has 0 saturated carbocycles. The third-order valence-corrected chi connectivity index (χ3v) is 2.92. The average molecular weight is 228 g/mol. The van der Waals surface area contributed by atoms with E-state index in [0.717, 1.165) is 6.42 Å². The van der Waals surface area contributed by atoms with Crippen LogP contribution in [0.25, 0.3) is 0 Å². The van der Waals surface area contributed by atoms with Crippen molar-refractivity contribution in [3.8, 4) is 0 Å². The molecule has 0 heterocycles. The summed E-state index contributed by atoms with van der Waals surface area (Å²) in [6.45, 7) is 6.56. The van der Waals surface area contributed by atoms with E-state index in [9.17, 15) is 0 Å². The normalized spacial score (nSPS) is 13.3. The molecule has 1 atom stereocenters. The molecule has 0 aliphatic carbocycles. The summed E-state index contributed by atoms with van der Waals surface area (Å²) < 4.78 is 0. The Morgan fingerprint density at radius 2 is 1.38 bits per heavy atom. The monoisotopic (exact) mass is 228 g/mol. The van der Waals surface area contributed by atoms with E-state index in [2.05, 4.69) is 26.1 Å². The van der Waals surface area contributed by atoms with E-state index in [1.807, 2.05) is 0 Å². The lowest BCUT2D eigenvalue weighted by atomic mass is 10.1. The molecule has 2 nitrogen and oxygen atoms in total. The summed E-state index contributed by atoms with van der Waals surface area (Å²) in [5, 5.41) is 3.34. The lowest BCUT2D eigenvalue weighted by Gasteiger charge is -2.16. The van der Waals surface area contributed by atoms with Gasteiger partial charge in [-0.15, -0.1) is 0 Å². The molecule has 2 heteroatoms. The van der Waals surface area contributed by atoms with Gasteiger partial charge in [0.25, 0.3) is 0 Å². The van der Waals surface area contributed by atoms with Crippen molar-refractivity contribution >= 4 is 0 Å². The predicted octanol–water partition coefficient (Wildman–Crippen LogP) is 3.80. The summed E-state index contributed by atoms with van der Waals surface area (Å²) in [6, 6.07) is 0.504. The highest BCUT2D eigenvalue weighted by Gasteiger charge is 2.02. The summed E-state index contributed by atoms with van der Waals surface area (Å²) in [7, 11) is 0. The van der Waals surface area contributed by atoms with Gasteiger partial charge in [-0.1, -0.05) is 58.3 Å². The largest absolute Gasteiger partial charge is 0.316 e. The van der Waals surface area contributed by atoms with E-state index < -0.39 is 0 Å². The highest BCUT2D eigenvalue weighted by Crippen LogP contribution is 2.09. The minimum absolute atomic E-state index is 0.195. The number of hydrogen-bond donors (Lipinski definition) is 2. The molecule has 0 saturated heterocycles. The van der Waals surface area contributed by atoms with Crippen LogP contribution in [0.2, 0.25) is 0 Å². The summed E-state index contributed by atoms with van der Waals surface area (Å²) in [5.74, 6) is 0. The summed E-state index contributed by atoms with van der Waals surface area (Å²) in [6.07, 6.45) is 12.3. The topological polar surface area (TPSA) is 38.0 Å². The van der Waals surface area contributed by atoms with Gasteiger partial charge in [0.05, 0.1) is 6.17 Å². The first kappa shape index (κ1) is 15.9. The van der Waals surface area contributed by atoms with Crippen LogP contribution in [0.15, 0.2) is 0 Å². The van der Waals surface area contributed by atoms with Gasteiger partial charge in [-0.3, -0.25) is 5.32 Å². The molecule has 0 bridgehead atoms.